The van der Waals surface area contributed by atoms with Crippen molar-refractivity contribution < 1.29 is 25.8 Å². The van der Waals surface area contributed by atoms with Crippen molar-refractivity contribution >= 4 is 59.8 Å². The first-order chi connectivity index (χ1) is 0. The van der Waals surface area contributed by atoms with E-state index in [4.69, 9.17) is 0 Å². The molecule has 0 bridgehead atoms. The number of hydrogen-bond acceptors (Lipinski definition) is 0. The zero-order valence-electron chi connectivity index (χ0n) is 0.577. The van der Waals surface area contributed by atoms with Crippen LogP contribution in [0.2, 0.25) is 0 Å². The van der Waals surface area contributed by atoms with Crippen LogP contribution in [0.3, 0.4) is 0 Å². The number of rotatable bonds is 0. The molecule has 0 aliphatic rings. The van der Waals surface area contributed by atoms with E-state index in [1.807, 2.05) is 0 Å². The molecule has 0 amide bonds. The van der Waals surface area contributed by atoms with Crippen LogP contribution in [0.15, 0.2) is 0 Å². The fourth-order valence-corrected chi connectivity index (χ4v) is 0. The van der Waals surface area contributed by atoms with Crippen molar-refractivity contribution in [2.45, 2.75) is 0 Å². The maximum atomic E-state index is 0. The van der Waals surface area contributed by atoms with Gasteiger partial charge < -0.3 is 0 Å². The monoisotopic (exact) mass is 147 g/mol. The Balaban J connectivity index is 0. The Morgan fingerprint density at radius 3 is 1.00 bits per heavy atom. The maximum absolute atomic E-state index is 0. The van der Waals surface area contributed by atoms with Crippen LogP contribution in [0.1, 0.15) is 0 Å². The van der Waals surface area contributed by atoms with E-state index in [1.165, 1.54) is 0 Å². The molecule has 5 heteroatoms. The summed E-state index contributed by atoms with van der Waals surface area (Å²) < 4.78 is 0. The summed E-state index contributed by atoms with van der Waals surface area (Å²) in [6.07, 6.45) is 0. The summed E-state index contributed by atoms with van der Waals surface area (Å²) in [6, 6.07) is 0. The first kappa shape index (κ1) is 51.6. The van der Waals surface area contributed by atoms with Gasteiger partial charge in [0.2, 0.25) is 0 Å². The summed E-state index contributed by atoms with van der Waals surface area (Å²) in [4.78, 5) is 0. The van der Waals surface area contributed by atoms with E-state index in [0.29, 0.717) is 0 Å². The normalized spacial score (nSPS) is 0. The van der Waals surface area contributed by atoms with Crippen LogP contribution in [0.4, 0.5) is 0 Å². The molecule has 0 aromatic rings. The van der Waals surface area contributed by atoms with Crippen LogP contribution in [0.5, 0.6) is 0 Å². The molecule has 0 aromatic heterocycles. The number of hydrogen-bond donors (Lipinski definition) is 0. The van der Waals surface area contributed by atoms with E-state index in [2.05, 4.69) is 0 Å². The molecule has 0 saturated heterocycles. The third kappa shape index (κ3) is 21.3. The van der Waals surface area contributed by atoms with E-state index >= 15 is 0 Å². The molecule has 27 valence electrons. The van der Waals surface area contributed by atoms with Crippen molar-refractivity contribution in [3.63, 3.8) is 0 Å². The summed E-state index contributed by atoms with van der Waals surface area (Å²) in [6.45, 7) is 0. The Morgan fingerprint density at radius 1 is 1.00 bits per heavy atom. The van der Waals surface area contributed by atoms with E-state index in [-0.39, 0.29) is 85.6 Å². The Morgan fingerprint density at radius 2 is 1.00 bits per heavy atom. The summed E-state index contributed by atoms with van der Waals surface area (Å²) in [7, 11) is 0. The smallest absolute Gasteiger partial charge is 0.0149 e. The maximum Gasteiger partial charge on any atom is 0.316 e. The standard InChI is InChI=1S/Al.BH3.Mg.Sc.H4Si.5H/h;1H3;;;1H4;;;;;. The van der Waals surface area contributed by atoms with Crippen molar-refractivity contribution in [3.05, 3.63) is 0 Å². The van der Waals surface area contributed by atoms with Crippen LogP contribution in [-0.2, 0) is 25.8 Å². The average molecular weight is 147 g/mol. The predicted octanol–water partition coefficient (Wildman–Crippen LogP) is -4.74. The van der Waals surface area contributed by atoms with Gasteiger partial charge in [-0.15, -0.1) is 0 Å². The zero-order valence-corrected chi connectivity index (χ0v) is 2.38. The van der Waals surface area contributed by atoms with Crippen molar-refractivity contribution in [3.8, 4) is 0 Å². The van der Waals surface area contributed by atoms with Crippen molar-refractivity contribution in [2.75, 3.05) is 0 Å². The van der Waals surface area contributed by atoms with E-state index in [0.717, 1.165) is 0 Å². The van der Waals surface area contributed by atoms with Crippen LogP contribution in [0.25, 0.3) is 0 Å². The van der Waals surface area contributed by atoms with Crippen LogP contribution in [0, 0.1) is 0 Å². The Bertz CT molecular complexity index is 11.6. The van der Waals surface area contributed by atoms with E-state index in [9.17, 15) is 0 Å². The molecule has 0 nitrogen and oxygen atoms in total. The fraction of sp³-hybridized carbons (Fsp3) is 0. The van der Waals surface area contributed by atoms with Crippen molar-refractivity contribution in [2.24, 2.45) is 0 Å². The topological polar surface area (TPSA) is 0 Å². The third-order valence-corrected chi connectivity index (χ3v) is 0. The second-order valence-electron chi connectivity index (χ2n) is 0. The molecule has 1 radical (unpaired) electrons. The molecule has 0 atom stereocenters. The van der Waals surface area contributed by atoms with Gasteiger partial charge in [-0.2, -0.15) is 0 Å². The first-order valence-electron chi connectivity index (χ1n) is 0. The molecule has 0 aromatic carbocycles. The predicted molar refractivity (Wildman–Crippen MR) is 39.8 cm³/mol. The Hall–Kier alpha value is 2.45. The van der Waals surface area contributed by atoms with E-state index < -0.39 is 0 Å². The van der Waals surface area contributed by atoms with Gasteiger partial charge in [-0.1, -0.05) is 0 Å². The van der Waals surface area contributed by atoms with Gasteiger partial charge >= 0.3 is 23.1 Å². The fourth-order valence-electron chi connectivity index (χ4n) is 0. The molecule has 0 saturated carbocycles. The van der Waals surface area contributed by atoms with Gasteiger partial charge in [0, 0.05) is 25.8 Å². The van der Waals surface area contributed by atoms with Crippen LogP contribution >= 0.6 is 0 Å². The molecule has 0 unspecified atom stereocenters. The summed E-state index contributed by atoms with van der Waals surface area (Å²) in [5.74, 6) is 0. The van der Waals surface area contributed by atoms with E-state index in [1.54, 1.807) is 0 Å². The summed E-state index contributed by atoms with van der Waals surface area (Å²) in [5.41, 5.74) is 0. The molecule has 0 heterocycles. The van der Waals surface area contributed by atoms with Gasteiger partial charge in [-0.25, -0.2) is 0 Å². The van der Waals surface area contributed by atoms with Crippen molar-refractivity contribution in [1.29, 1.82) is 0 Å². The van der Waals surface area contributed by atoms with Crippen LogP contribution < -0.4 is 0 Å². The minimum absolute atomic E-state index is 0. The van der Waals surface area contributed by atoms with Crippen LogP contribution in [-0.4, -0.2) is 59.8 Å². The molecule has 0 aliphatic carbocycles. The Kier molecular flexibility index (Phi) is 329. The minimum atomic E-state index is 0. The van der Waals surface area contributed by atoms with Gasteiger partial charge in [0.1, 0.15) is 0 Å². The van der Waals surface area contributed by atoms with Gasteiger partial charge in [0.25, 0.3) is 0 Å². The largest absolute Gasteiger partial charge is 0.316 e. The van der Waals surface area contributed by atoms with Gasteiger partial charge in [-0.05, 0) is 11.0 Å². The summed E-state index contributed by atoms with van der Waals surface area (Å²) in [5, 5.41) is 0. The summed E-state index contributed by atoms with van der Waals surface area (Å²) >= 11 is 0. The molecule has 0 rings (SSSR count). The molecule has 0 spiro atoms. The Labute approximate surface area is 84.5 Å². The minimum Gasteiger partial charge on any atom is -0.0149 e. The second kappa shape index (κ2) is 31.9. The molecular weight excluding hydrogens is 135 g/mol. The third-order valence-electron chi connectivity index (χ3n) is 0. The second-order valence-corrected chi connectivity index (χ2v) is 0. The zero-order chi connectivity index (χ0) is 0. The van der Waals surface area contributed by atoms with Crippen molar-refractivity contribution in [1.82, 2.24) is 0 Å². The molecule has 0 fully saturated rings. The van der Waals surface area contributed by atoms with Gasteiger partial charge in [-0.3, -0.25) is 0 Å². The first-order valence-corrected chi connectivity index (χ1v) is 0. The average Bonchev–Trinajstić information content (AvgIpc) is 0. The SMILES string of the molecule is B.[AlH3].[MgH2].[Sc].[SiH4]. The molecule has 0 aliphatic heterocycles. The molecule has 5 heavy (non-hydrogen) atoms. The van der Waals surface area contributed by atoms with Gasteiger partial charge in [0.15, 0.2) is 17.4 Å². The molecule has 0 N–H and O–H groups in total. The van der Waals surface area contributed by atoms with Gasteiger partial charge in [0.05, 0.1) is 8.41 Å². The quantitative estimate of drug-likeness (QED) is 0.302. The molecular formula is H12AlBMgScSi.